The molecule has 25 heavy (non-hydrogen) atoms. The van der Waals surface area contributed by atoms with Crippen molar-refractivity contribution in [3.63, 3.8) is 0 Å². The molecular weight excluding hydrogens is 362 g/mol. The highest BCUT2D eigenvalue weighted by molar-refractivity contribution is 7.08. The van der Waals surface area contributed by atoms with E-state index < -0.39 is 5.97 Å². The van der Waals surface area contributed by atoms with Crippen molar-refractivity contribution in [3.8, 4) is 11.5 Å². The molecule has 0 bridgehead atoms. The van der Waals surface area contributed by atoms with Crippen LogP contribution in [0.4, 0.5) is 0 Å². The van der Waals surface area contributed by atoms with Crippen molar-refractivity contribution < 1.29 is 14.1 Å². The average Bonchev–Trinajstić information content (AvgIpc) is 3.30. The third kappa shape index (κ3) is 3.38. The first kappa shape index (κ1) is 15.7. The Morgan fingerprint density at radius 1 is 1.20 bits per heavy atom. The number of hydrogen-bond donors (Lipinski definition) is 0. The first-order valence-electron chi connectivity index (χ1n) is 7.27. The van der Waals surface area contributed by atoms with E-state index in [9.17, 15) is 4.79 Å². The number of hydrogen-bond acceptors (Lipinski definition) is 7. The normalized spacial score (nSPS) is 10.9. The third-order valence-electron chi connectivity index (χ3n) is 3.46. The fourth-order valence-corrected chi connectivity index (χ4v) is 3.04. The number of halogens is 1. The van der Waals surface area contributed by atoms with Gasteiger partial charge < -0.3 is 9.26 Å². The average molecular weight is 372 g/mol. The number of carbonyl (C=O) groups is 1. The summed E-state index contributed by atoms with van der Waals surface area (Å²) in [4.78, 5) is 20.6. The van der Waals surface area contributed by atoms with E-state index in [1.807, 2.05) is 16.8 Å². The number of carbonyl (C=O) groups excluding carboxylic acids is 1. The smallest absolute Gasteiger partial charge is 0.338 e. The summed E-state index contributed by atoms with van der Waals surface area (Å²) in [5.74, 6) is 0.239. The molecule has 4 aromatic rings. The summed E-state index contributed by atoms with van der Waals surface area (Å²) in [7, 11) is 0. The van der Waals surface area contributed by atoms with Crippen LogP contribution in [0.3, 0.4) is 0 Å². The van der Waals surface area contributed by atoms with Gasteiger partial charge in [0, 0.05) is 10.8 Å². The molecule has 0 fully saturated rings. The fourth-order valence-electron chi connectivity index (χ4n) is 2.26. The second kappa shape index (κ2) is 6.62. The van der Waals surface area contributed by atoms with Crippen molar-refractivity contribution in [3.05, 3.63) is 63.7 Å². The molecule has 0 saturated heterocycles. The summed E-state index contributed by atoms with van der Waals surface area (Å²) in [6.07, 6.45) is 0. The van der Waals surface area contributed by atoms with Crippen LogP contribution in [0.5, 0.6) is 0 Å². The van der Waals surface area contributed by atoms with Crippen molar-refractivity contribution in [1.29, 1.82) is 0 Å². The summed E-state index contributed by atoms with van der Waals surface area (Å²) < 4.78 is 10.4. The van der Waals surface area contributed by atoms with E-state index in [0.717, 1.165) is 10.9 Å². The number of pyridine rings is 1. The first-order valence-corrected chi connectivity index (χ1v) is 8.60. The van der Waals surface area contributed by atoms with Crippen LogP contribution in [0.15, 0.2) is 51.7 Å². The molecule has 4 rings (SSSR count). The summed E-state index contributed by atoms with van der Waals surface area (Å²) in [5, 5.41) is 8.84. The number of nitrogens with zero attached hydrogens (tertiary/aromatic N) is 3. The number of thiophene rings is 1. The van der Waals surface area contributed by atoms with Crippen molar-refractivity contribution in [2.24, 2.45) is 0 Å². The largest absolute Gasteiger partial charge is 0.454 e. The highest BCUT2D eigenvalue weighted by atomic mass is 35.5. The maximum atomic E-state index is 12.2. The second-order valence-electron chi connectivity index (χ2n) is 5.15. The molecule has 0 N–H and O–H groups in total. The van der Waals surface area contributed by atoms with Gasteiger partial charge in [0.2, 0.25) is 5.82 Å². The van der Waals surface area contributed by atoms with Crippen LogP contribution in [-0.2, 0) is 11.3 Å². The summed E-state index contributed by atoms with van der Waals surface area (Å²) >= 11 is 7.39. The molecular formula is C17H10ClN3O3S. The topological polar surface area (TPSA) is 78.1 Å². The molecule has 0 amide bonds. The Morgan fingerprint density at radius 3 is 2.96 bits per heavy atom. The number of aromatic nitrogens is 3. The van der Waals surface area contributed by atoms with Crippen LogP contribution in [0, 0.1) is 0 Å². The van der Waals surface area contributed by atoms with Gasteiger partial charge in [0.1, 0.15) is 5.15 Å². The minimum absolute atomic E-state index is 0.0661. The van der Waals surface area contributed by atoms with Crippen molar-refractivity contribution >= 4 is 39.8 Å². The number of fused-ring (bicyclic) bond motifs is 1. The summed E-state index contributed by atoms with van der Waals surface area (Å²) in [6, 6.07) is 10.4. The van der Waals surface area contributed by atoms with E-state index in [1.54, 1.807) is 30.3 Å². The Bertz CT molecular complexity index is 1050. The zero-order valence-electron chi connectivity index (χ0n) is 12.7. The van der Waals surface area contributed by atoms with Crippen molar-refractivity contribution in [2.75, 3.05) is 0 Å². The first-order chi connectivity index (χ1) is 12.2. The molecule has 0 radical (unpaired) electrons. The van der Waals surface area contributed by atoms with Gasteiger partial charge in [-0.3, -0.25) is 0 Å². The molecule has 124 valence electrons. The minimum atomic E-state index is -0.473. The monoisotopic (exact) mass is 371 g/mol. The number of ether oxygens (including phenoxy) is 1. The standard InChI is InChI=1S/C17H10ClN3O3S/c18-14-4-2-10-7-11(1-3-13(10)19-14)17(22)23-8-15-20-16(24-21-15)12-5-6-25-9-12/h1-7,9H,8H2. The van der Waals surface area contributed by atoms with Gasteiger partial charge in [-0.1, -0.05) is 16.8 Å². The van der Waals surface area contributed by atoms with Gasteiger partial charge in [0.25, 0.3) is 5.89 Å². The second-order valence-corrected chi connectivity index (χ2v) is 6.31. The molecule has 0 saturated carbocycles. The highest BCUT2D eigenvalue weighted by Gasteiger charge is 2.13. The fraction of sp³-hybridized carbons (Fsp3) is 0.0588. The van der Waals surface area contributed by atoms with Gasteiger partial charge in [-0.2, -0.15) is 16.3 Å². The predicted molar refractivity (Wildman–Crippen MR) is 93.5 cm³/mol. The molecule has 0 aliphatic carbocycles. The van der Waals surface area contributed by atoms with E-state index in [4.69, 9.17) is 20.9 Å². The van der Waals surface area contributed by atoms with E-state index in [0.29, 0.717) is 27.9 Å². The maximum Gasteiger partial charge on any atom is 0.338 e. The summed E-state index contributed by atoms with van der Waals surface area (Å²) in [5.41, 5.74) is 1.97. The molecule has 0 unspecified atom stereocenters. The Morgan fingerprint density at radius 2 is 2.12 bits per heavy atom. The quantitative estimate of drug-likeness (QED) is 0.392. The zero-order valence-corrected chi connectivity index (χ0v) is 14.3. The van der Waals surface area contributed by atoms with Crippen molar-refractivity contribution in [2.45, 2.75) is 6.61 Å². The van der Waals surface area contributed by atoms with Crippen LogP contribution in [0.1, 0.15) is 16.2 Å². The molecule has 8 heteroatoms. The van der Waals surface area contributed by atoms with Crippen LogP contribution in [0.2, 0.25) is 5.15 Å². The lowest BCUT2D eigenvalue weighted by molar-refractivity contribution is 0.0460. The van der Waals surface area contributed by atoms with Gasteiger partial charge >= 0.3 is 5.97 Å². The molecule has 3 heterocycles. The van der Waals surface area contributed by atoms with E-state index in [-0.39, 0.29) is 6.61 Å². The lowest BCUT2D eigenvalue weighted by atomic mass is 10.1. The van der Waals surface area contributed by atoms with E-state index in [1.165, 1.54) is 11.3 Å². The molecule has 0 spiro atoms. The lowest BCUT2D eigenvalue weighted by Crippen LogP contribution is -2.06. The Hall–Kier alpha value is -2.77. The molecule has 0 aliphatic heterocycles. The maximum absolute atomic E-state index is 12.2. The van der Waals surface area contributed by atoms with Crippen LogP contribution in [-0.4, -0.2) is 21.1 Å². The van der Waals surface area contributed by atoms with Crippen LogP contribution in [0.25, 0.3) is 22.4 Å². The third-order valence-corrected chi connectivity index (χ3v) is 4.35. The molecule has 0 aliphatic rings. The van der Waals surface area contributed by atoms with Gasteiger partial charge in [0.15, 0.2) is 6.61 Å². The van der Waals surface area contributed by atoms with E-state index >= 15 is 0 Å². The summed E-state index contributed by atoms with van der Waals surface area (Å²) in [6.45, 7) is -0.0661. The molecule has 6 nitrogen and oxygen atoms in total. The molecule has 0 atom stereocenters. The minimum Gasteiger partial charge on any atom is -0.454 e. The van der Waals surface area contributed by atoms with Crippen LogP contribution < -0.4 is 0 Å². The van der Waals surface area contributed by atoms with Gasteiger partial charge in [-0.15, -0.1) is 0 Å². The zero-order chi connectivity index (χ0) is 17.2. The van der Waals surface area contributed by atoms with E-state index in [2.05, 4.69) is 15.1 Å². The Labute approximate surface area is 151 Å². The van der Waals surface area contributed by atoms with Gasteiger partial charge in [-0.25, -0.2) is 9.78 Å². The van der Waals surface area contributed by atoms with Gasteiger partial charge in [-0.05, 0) is 41.8 Å². The Kier molecular flexibility index (Phi) is 4.17. The number of esters is 1. The predicted octanol–water partition coefficient (Wildman–Crippen LogP) is 4.36. The number of rotatable bonds is 4. The highest BCUT2D eigenvalue weighted by Crippen LogP contribution is 2.21. The molecule has 1 aromatic carbocycles. The SMILES string of the molecule is O=C(OCc1noc(-c2ccsc2)n1)c1ccc2nc(Cl)ccc2c1. The van der Waals surface area contributed by atoms with Gasteiger partial charge in [0.05, 0.1) is 16.6 Å². The number of benzene rings is 1. The lowest BCUT2D eigenvalue weighted by Gasteiger charge is -2.04. The molecule has 3 aromatic heterocycles. The Balaban J connectivity index is 1.46. The van der Waals surface area contributed by atoms with Crippen LogP contribution >= 0.6 is 22.9 Å². The van der Waals surface area contributed by atoms with Crippen molar-refractivity contribution in [1.82, 2.24) is 15.1 Å².